The summed E-state index contributed by atoms with van der Waals surface area (Å²) < 4.78 is 0. The summed E-state index contributed by atoms with van der Waals surface area (Å²) in [5.41, 5.74) is 2.83. The van der Waals surface area contributed by atoms with Crippen molar-refractivity contribution >= 4 is 29.1 Å². The second-order valence-corrected chi connectivity index (χ2v) is 7.30. The van der Waals surface area contributed by atoms with E-state index in [0.29, 0.717) is 22.2 Å². The van der Waals surface area contributed by atoms with Crippen LogP contribution in [0.3, 0.4) is 0 Å². The van der Waals surface area contributed by atoms with Crippen LogP contribution in [0, 0.1) is 0 Å². The molecule has 5 heteroatoms. The number of rotatable bonds is 5. The van der Waals surface area contributed by atoms with Crippen molar-refractivity contribution in [1.82, 2.24) is 10.2 Å². The lowest BCUT2D eigenvalue weighted by Gasteiger charge is -2.26. The van der Waals surface area contributed by atoms with E-state index in [-0.39, 0.29) is 5.91 Å². The standard InChI is InChI=1S/C20H22Cl2N2O/c21-17-8-9-18(19(22)12-17)20(25)23-13-15-4-6-16(7-5-15)14-24-10-2-1-3-11-24/h4-9,12H,1-3,10-11,13-14H2,(H,23,25). The number of nitrogens with one attached hydrogen (secondary N) is 1. The molecule has 1 N–H and O–H groups in total. The Labute approximate surface area is 158 Å². The summed E-state index contributed by atoms with van der Waals surface area (Å²) in [5.74, 6) is -0.195. The average molecular weight is 377 g/mol. The maximum absolute atomic E-state index is 12.2. The van der Waals surface area contributed by atoms with Crippen LogP contribution in [-0.4, -0.2) is 23.9 Å². The molecule has 2 aromatic rings. The molecular weight excluding hydrogens is 355 g/mol. The van der Waals surface area contributed by atoms with E-state index in [0.717, 1.165) is 12.1 Å². The highest BCUT2D eigenvalue weighted by molar-refractivity contribution is 6.36. The molecule has 1 heterocycles. The van der Waals surface area contributed by atoms with Gasteiger partial charge in [0.15, 0.2) is 0 Å². The van der Waals surface area contributed by atoms with Crippen LogP contribution in [0.4, 0.5) is 0 Å². The SMILES string of the molecule is O=C(NCc1ccc(CN2CCCCC2)cc1)c1ccc(Cl)cc1Cl. The summed E-state index contributed by atoms with van der Waals surface area (Å²) in [7, 11) is 0. The van der Waals surface area contributed by atoms with E-state index in [4.69, 9.17) is 23.2 Å². The monoisotopic (exact) mass is 376 g/mol. The van der Waals surface area contributed by atoms with E-state index >= 15 is 0 Å². The lowest BCUT2D eigenvalue weighted by atomic mass is 10.1. The van der Waals surface area contributed by atoms with Crippen molar-refractivity contribution in [1.29, 1.82) is 0 Å². The summed E-state index contributed by atoms with van der Waals surface area (Å²) in [5, 5.41) is 3.78. The Morgan fingerprint density at radius 3 is 2.32 bits per heavy atom. The van der Waals surface area contributed by atoms with E-state index in [2.05, 4.69) is 34.5 Å². The zero-order valence-electron chi connectivity index (χ0n) is 14.1. The van der Waals surface area contributed by atoms with Crippen LogP contribution in [0.5, 0.6) is 0 Å². The van der Waals surface area contributed by atoms with E-state index in [9.17, 15) is 4.79 Å². The number of hydrogen-bond acceptors (Lipinski definition) is 2. The quantitative estimate of drug-likeness (QED) is 0.803. The summed E-state index contributed by atoms with van der Waals surface area (Å²) in [4.78, 5) is 14.7. The number of likely N-dealkylation sites (tertiary alicyclic amines) is 1. The largest absolute Gasteiger partial charge is 0.348 e. The molecule has 0 unspecified atom stereocenters. The number of carbonyl (C=O) groups excluding carboxylic acids is 1. The highest BCUT2D eigenvalue weighted by Crippen LogP contribution is 2.21. The van der Waals surface area contributed by atoms with E-state index in [1.54, 1.807) is 18.2 Å². The van der Waals surface area contributed by atoms with Crippen molar-refractivity contribution in [3.8, 4) is 0 Å². The van der Waals surface area contributed by atoms with Crippen LogP contribution in [0.25, 0.3) is 0 Å². The maximum Gasteiger partial charge on any atom is 0.253 e. The van der Waals surface area contributed by atoms with Crippen LogP contribution in [0.2, 0.25) is 10.0 Å². The first-order chi connectivity index (χ1) is 12.1. The second-order valence-electron chi connectivity index (χ2n) is 6.46. The normalized spacial score (nSPS) is 15.1. The summed E-state index contributed by atoms with van der Waals surface area (Å²) in [6.07, 6.45) is 3.96. The minimum absolute atomic E-state index is 0.195. The highest BCUT2D eigenvalue weighted by Gasteiger charge is 2.12. The molecule has 25 heavy (non-hydrogen) atoms. The fourth-order valence-corrected chi connectivity index (χ4v) is 3.58. The van der Waals surface area contributed by atoms with Crippen molar-refractivity contribution < 1.29 is 4.79 Å². The number of benzene rings is 2. The van der Waals surface area contributed by atoms with Crippen LogP contribution >= 0.6 is 23.2 Å². The maximum atomic E-state index is 12.2. The molecule has 1 aliphatic rings. The first-order valence-electron chi connectivity index (χ1n) is 8.65. The first kappa shape index (κ1) is 18.2. The molecule has 1 fully saturated rings. The van der Waals surface area contributed by atoms with Gasteiger partial charge in [0.2, 0.25) is 0 Å². The van der Waals surface area contributed by atoms with Gasteiger partial charge in [0.25, 0.3) is 5.91 Å². The van der Waals surface area contributed by atoms with Crippen LogP contribution in [0.1, 0.15) is 40.7 Å². The Bertz CT molecular complexity index is 725. The Balaban J connectivity index is 1.53. The molecule has 1 saturated heterocycles. The van der Waals surface area contributed by atoms with Crippen LogP contribution in [0.15, 0.2) is 42.5 Å². The number of carbonyl (C=O) groups is 1. The molecule has 0 atom stereocenters. The van der Waals surface area contributed by atoms with Gasteiger partial charge in [-0.05, 0) is 55.3 Å². The Hall–Kier alpha value is -1.55. The fraction of sp³-hybridized carbons (Fsp3) is 0.350. The van der Waals surface area contributed by atoms with Crippen molar-refractivity contribution in [3.63, 3.8) is 0 Å². The lowest BCUT2D eigenvalue weighted by Crippen LogP contribution is -2.29. The molecule has 0 bridgehead atoms. The van der Waals surface area contributed by atoms with Gasteiger partial charge < -0.3 is 5.32 Å². The summed E-state index contributed by atoms with van der Waals surface area (Å²) in [6.45, 7) is 3.87. The van der Waals surface area contributed by atoms with Gasteiger partial charge in [-0.15, -0.1) is 0 Å². The second kappa shape index (κ2) is 8.70. The van der Waals surface area contributed by atoms with Gasteiger partial charge in [0.1, 0.15) is 0 Å². The molecule has 3 nitrogen and oxygen atoms in total. The predicted octanol–water partition coefficient (Wildman–Crippen LogP) is 4.91. The smallest absolute Gasteiger partial charge is 0.253 e. The molecule has 0 spiro atoms. The third kappa shape index (κ3) is 5.21. The van der Waals surface area contributed by atoms with E-state index in [1.807, 2.05) is 0 Å². The zero-order chi connectivity index (χ0) is 17.6. The van der Waals surface area contributed by atoms with Crippen LogP contribution < -0.4 is 5.32 Å². The Morgan fingerprint density at radius 1 is 0.960 bits per heavy atom. The topological polar surface area (TPSA) is 32.3 Å². The van der Waals surface area contributed by atoms with Crippen molar-refractivity contribution in [2.24, 2.45) is 0 Å². The van der Waals surface area contributed by atoms with Gasteiger partial charge in [0, 0.05) is 18.1 Å². The molecule has 1 aliphatic heterocycles. The Kier molecular flexibility index (Phi) is 6.35. The van der Waals surface area contributed by atoms with Gasteiger partial charge in [0.05, 0.1) is 10.6 Å². The molecule has 0 aromatic heterocycles. The zero-order valence-corrected chi connectivity index (χ0v) is 15.6. The number of hydrogen-bond donors (Lipinski definition) is 1. The molecule has 0 saturated carbocycles. The minimum Gasteiger partial charge on any atom is -0.348 e. The summed E-state index contributed by atoms with van der Waals surface area (Å²) in [6, 6.07) is 13.3. The number of nitrogens with zero attached hydrogens (tertiary/aromatic N) is 1. The van der Waals surface area contributed by atoms with Crippen molar-refractivity contribution in [2.75, 3.05) is 13.1 Å². The molecule has 132 valence electrons. The molecule has 0 radical (unpaired) electrons. The number of halogens is 2. The van der Waals surface area contributed by atoms with Crippen LogP contribution in [-0.2, 0) is 13.1 Å². The molecule has 0 aliphatic carbocycles. The van der Waals surface area contributed by atoms with Gasteiger partial charge in [-0.2, -0.15) is 0 Å². The number of amides is 1. The third-order valence-electron chi connectivity index (χ3n) is 4.51. The predicted molar refractivity (Wildman–Crippen MR) is 103 cm³/mol. The minimum atomic E-state index is -0.195. The molecule has 1 amide bonds. The molecule has 2 aromatic carbocycles. The third-order valence-corrected chi connectivity index (χ3v) is 5.05. The van der Waals surface area contributed by atoms with Gasteiger partial charge in [-0.25, -0.2) is 0 Å². The van der Waals surface area contributed by atoms with Gasteiger partial charge in [-0.1, -0.05) is 53.9 Å². The number of piperidine rings is 1. The molecular formula is C20H22Cl2N2O. The fourth-order valence-electron chi connectivity index (χ4n) is 3.09. The lowest BCUT2D eigenvalue weighted by molar-refractivity contribution is 0.0951. The summed E-state index contributed by atoms with van der Waals surface area (Å²) >= 11 is 11.9. The van der Waals surface area contributed by atoms with Crippen molar-refractivity contribution in [3.05, 3.63) is 69.2 Å². The highest BCUT2D eigenvalue weighted by atomic mass is 35.5. The van der Waals surface area contributed by atoms with Gasteiger partial charge in [-0.3, -0.25) is 9.69 Å². The van der Waals surface area contributed by atoms with E-state index < -0.39 is 0 Å². The average Bonchev–Trinajstić information content (AvgIpc) is 2.62. The van der Waals surface area contributed by atoms with E-state index in [1.165, 1.54) is 37.9 Å². The molecule has 3 rings (SSSR count). The Morgan fingerprint density at radius 2 is 1.64 bits per heavy atom. The van der Waals surface area contributed by atoms with Crippen molar-refractivity contribution in [2.45, 2.75) is 32.4 Å². The first-order valence-corrected chi connectivity index (χ1v) is 9.41. The van der Waals surface area contributed by atoms with Gasteiger partial charge >= 0.3 is 0 Å².